The molecular weight excluding hydrogens is 179 g/mol. The Labute approximate surface area is 85.9 Å². The van der Waals surface area contributed by atoms with E-state index in [4.69, 9.17) is 0 Å². The van der Waals surface area contributed by atoms with E-state index in [1.807, 2.05) is 0 Å². The van der Waals surface area contributed by atoms with E-state index in [0.29, 0.717) is 12.5 Å². The van der Waals surface area contributed by atoms with Gasteiger partial charge in [-0.2, -0.15) is 0 Å². The Morgan fingerprint density at radius 1 is 1.43 bits per heavy atom. The van der Waals surface area contributed by atoms with Crippen molar-refractivity contribution in [1.29, 1.82) is 0 Å². The summed E-state index contributed by atoms with van der Waals surface area (Å²) in [7, 11) is 0. The van der Waals surface area contributed by atoms with Crippen molar-refractivity contribution in [3.05, 3.63) is 0 Å². The van der Waals surface area contributed by atoms with Crippen LogP contribution in [-0.4, -0.2) is 43.8 Å². The van der Waals surface area contributed by atoms with Crippen LogP contribution in [0.3, 0.4) is 0 Å². The summed E-state index contributed by atoms with van der Waals surface area (Å²) >= 11 is 0. The van der Waals surface area contributed by atoms with Crippen molar-refractivity contribution < 1.29 is 4.39 Å². The van der Waals surface area contributed by atoms with E-state index in [0.717, 1.165) is 18.4 Å². The molecule has 0 spiro atoms. The van der Waals surface area contributed by atoms with Crippen LogP contribution >= 0.6 is 0 Å². The fourth-order valence-corrected chi connectivity index (χ4v) is 3.19. The Kier molecular flexibility index (Phi) is 3.39. The van der Waals surface area contributed by atoms with Gasteiger partial charge in [-0.3, -0.25) is 9.29 Å². The van der Waals surface area contributed by atoms with E-state index in [1.165, 1.54) is 26.1 Å². The maximum atomic E-state index is 12.1. The smallest absolute Gasteiger partial charge is 0.0906 e. The van der Waals surface area contributed by atoms with E-state index < -0.39 is 0 Å². The van der Waals surface area contributed by atoms with Gasteiger partial charge in [0.25, 0.3) is 0 Å². The van der Waals surface area contributed by atoms with Crippen LogP contribution in [0.4, 0.5) is 4.39 Å². The zero-order valence-electron chi connectivity index (χ0n) is 9.01. The first kappa shape index (κ1) is 10.4. The number of alkyl halides is 1. The topological polar surface area (TPSA) is 15.3 Å². The van der Waals surface area contributed by atoms with Gasteiger partial charge in [-0.05, 0) is 37.8 Å². The third-order valence-electron chi connectivity index (χ3n) is 3.82. The molecular formula is C11H21FN2. The predicted octanol–water partition coefficient (Wildman–Crippen LogP) is 1.28. The highest BCUT2D eigenvalue weighted by Gasteiger charge is 2.42. The molecule has 82 valence electrons. The van der Waals surface area contributed by atoms with Crippen molar-refractivity contribution in [3.8, 4) is 0 Å². The van der Waals surface area contributed by atoms with Crippen molar-refractivity contribution in [2.45, 2.75) is 25.8 Å². The van der Waals surface area contributed by atoms with Gasteiger partial charge in [0.05, 0.1) is 6.67 Å². The Hall–Kier alpha value is -0.150. The van der Waals surface area contributed by atoms with Crippen LogP contribution in [0.1, 0.15) is 19.8 Å². The summed E-state index contributed by atoms with van der Waals surface area (Å²) < 4.78 is 12.1. The summed E-state index contributed by atoms with van der Waals surface area (Å²) in [6.07, 6.45) is 1.93. The minimum Gasteiger partial charge on any atom is -0.316 e. The molecule has 2 saturated heterocycles. The van der Waals surface area contributed by atoms with Gasteiger partial charge in [-0.15, -0.1) is 0 Å². The molecule has 0 amide bonds. The molecule has 2 fully saturated rings. The lowest BCUT2D eigenvalue weighted by Gasteiger charge is -2.26. The van der Waals surface area contributed by atoms with Gasteiger partial charge < -0.3 is 5.32 Å². The van der Waals surface area contributed by atoms with Gasteiger partial charge in [0, 0.05) is 19.1 Å². The Bertz CT molecular complexity index is 186. The Balaban J connectivity index is 1.92. The quantitative estimate of drug-likeness (QED) is 0.735. The molecule has 0 radical (unpaired) electrons. The molecule has 0 saturated carbocycles. The van der Waals surface area contributed by atoms with Gasteiger partial charge in [-0.1, -0.05) is 6.92 Å². The standard InChI is InChI=1S/C11H21FN2/c1-2-11-10-7-13-6-9(10)8-14(11)5-3-4-12/h9-11,13H,2-8H2,1H3. The lowest BCUT2D eigenvalue weighted by atomic mass is 9.93. The Morgan fingerprint density at radius 2 is 2.29 bits per heavy atom. The maximum absolute atomic E-state index is 12.1. The van der Waals surface area contributed by atoms with Crippen LogP contribution in [0.2, 0.25) is 0 Å². The van der Waals surface area contributed by atoms with Crippen molar-refractivity contribution in [2.24, 2.45) is 11.8 Å². The van der Waals surface area contributed by atoms with Gasteiger partial charge >= 0.3 is 0 Å². The second-order valence-corrected chi connectivity index (χ2v) is 4.60. The van der Waals surface area contributed by atoms with Crippen molar-refractivity contribution in [3.63, 3.8) is 0 Å². The Morgan fingerprint density at radius 3 is 3.00 bits per heavy atom. The van der Waals surface area contributed by atoms with Gasteiger partial charge in [0.1, 0.15) is 0 Å². The number of fused-ring (bicyclic) bond motifs is 1. The van der Waals surface area contributed by atoms with E-state index >= 15 is 0 Å². The van der Waals surface area contributed by atoms with Gasteiger partial charge in [-0.25, -0.2) is 0 Å². The van der Waals surface area contributed by atoms with Crippen LogP contribution in [0.15, 0.2) is 0 Å². The third-order valence-corrected chi connectivity index (χ3v) is 3.82. The van der Waals surface area contributed by atoms with E-state index in [1.54, 1.807) is 0 Å². The first-order chi connectivity index (χ1) is 6.86. The van der Waals surface area contributed by atoms with Crippen molar-refractivity contribution in [2.75, 3.05) is 32.9 Å². The fraction of sp³-hybridized carbons (Fsp3) is 1.00. The molecule has 2 nitrogen and oxygen atoms in total. The van der Waals surface area contributed by atoms with E-state index in [9.17, 15) is 4.39 Å². The molecule has 14 heavy (non-hydrogen) atoms. The lowest BCUT2D eigenvalue weighted by molar-refractivity contribution is 0.209. The second-order valence-electron chi connectivity index (χ2n) is 4.60. The van der Waals surface area contributed by atoms with Crippen LogP contribution in [0.25, 0.3) is 0 Å². The minimum atomic E-state index is -0.166. The normalized spacial score (nSPS) is 37.7. The molecule has 0 aliphatic carbocycles. The number of halogens is 1. The molecule has 2 aliphatic heterocycles. The van der Waals surface area contributed by atoms with Gasteiger partial charge in [0.2, 0.25) is 0 Å². The number of hydrogen-bond donors (Lipinski definition) is 1. The molecule has 2 heterocycles. The highest BCUT2D eigenvalue weighted by molar-refractivity contribution is 4.97. The van der Waals surface area contributed by atoms with E-state index in [-0.39, 0.29) is 6.67 Å². The number of rotatable bonds is 4. The van der Waals surface area contributed by atoms with Crippen molar-refractivity contribution in [1.82, 2.24) is 10.2 Å². The molecule has 0 aromatic rings. The molecule has 0 aromatic carbocycles. The number of nitrogens with one attached hydrogen (secondary N) is 1. The van der Waals surface area contributed by atoms with Crippen LogP contribution in [0.5, 0.6) is 0 Å². The van der Waals surface area contributed by atoms with Crippen LogP contribution < -0.4 is 5.32 Å². The highest BCUT2D eigenvalue weighted by Crippen LogP contribution is 2.33. The summed E-state index contributed by atoms with van der Waals surface area (Å²) in [6, 6.07) is 0.710. The predicted molar refractivity (Wildman–Crippen MR) is 56.1 cm³/mol. The molecule has 3 unspecified atom stereocenters. The molecule has 3 atom stereocenters. The number of nitrogens with zero attached hydrogens (tertiary/aromatic N) is 1. The molecule has 3 heteroatoms. The lowest BCUT2D eigenvalue weighted by Crippen LogP contribution is -2.35. The summed E-state index contributed by atoms with van der Waals surface area (Å²) in [5.41, 5.74) is 0. The van der Waals surface area contributed by atoms with E-state index in [2.05, 4.69) is 17.1 Å². The van der Waals surface area contributed by atoms with Gasteiger partial charge in [0.15, 0.2) is 0 Å². The summed E-state index contributed by atoms with van der Waals surface area (Å²) in [6.45, 7) is 6.59. The average Bonchev–Trinajstić information content (AvgIpc) is 2.73. The average molecular weight is 200 g/mol. The summed E-state index contributed by atoms with van der Waals surface area (Å²) in [4.78, 5) is 2.51. The van der Waals surface area contributed by atoms with Crippen LogP contribution in [0, 0.1) is 11.8 Å². The van der Waals surface area contributed by atoms with Crippen LogP contribution in [-0.2, 0) is 0 Å². The molecule has 1 N–H and O–H groups in total. The largest absolute Gasteiger partial charge is 0.316 e. The third kappa shape index (κ3) is 1.80. The SMILES string of the molecule is CCC1C2CNCC2CN1CCCF. The monoisotopic (exact) mass is 200 g/mol. The summed E-state index contributed by atoms with van der Waals surface area (Å²) in [5, 5.41) is 3.46. The molecule has 2 rings (SSSR count). The second kappa shape index (κ2) is 4.58. The summed E-state index contributed by atoms with van der Waals surface area (Å²) in [5.74, 6) is 1.67. The zero-order chi connectivity index (χ0) is 9.97. The maximum Gasteiger partial charge on any atom is 0.0906 e. The number of likely N-dealkylation sites (tertiary alicyclic amines) is 1. The molecule has 0 bridgehead atoms. The number of hydrogen-bond acceptors (Lipinski definition) is 2. The first-order valence-electron chi connectivity index (χ1n) is 5.87. The zero-order valence-corrected chi connectivity index (χ0v) is 9.01. The molecule has 0 aromatic heterocycles. The first-order valence-corrected chi connectivity index (χ1v) is 5.87. The minimum absolute atomic E-state index is 0.166. The fourth-order valence-electron chi connectivity index (χ4n) is 3.19. The molecule has 2 aliphatic rings. The van der Waals surface area contributed by atoms with Crippen molar-refractivity contribution >= 4 is 0 Å². The highest BCUT2D eigenvalue weighted by atomic mass is 19.1.